The number of hydrogen-bond acceptors (Lipinski definition) is 2. The summed E-state index contributed by atoms with van der Waals surface area (Å²) in [6, 6.07) is 0. The maximum atomic E-state index is 9.56. The van der Waals surface area contributed by atoms with Crippen LogP contribution in [0.15, 0.2) is 4.60 Å². The van der Waals surface area contributed by atoms with Gasteiger partial charge in [0.15, 0.2) is 0 Å². The number of aliphatic hydroxyl groups is 1. The van der Waals surface area contributed by atoms with Gasteiger partial charge in [0.25, 0.3) is 0 Å². The Bertz CT molecular complexity index is 335. The van der Waals surface area contributed by atoms with E-state index in [2.05, 4.69) is 32.4 Å². The molecule has 0 saturated heterocycles. The number of aryl methyl sites for hydroxylation is 1. The molecule has 1 N–H and O–H groups in total. The summed E-state index contributed by atoms with van der Waals surface area (Å²) in [4.78, 5) is 4.48. The number of nitrogens with zero attached hydrogens (tertiary/aromatic N) is 2. The molecule has 1 aromatic heterocycles. The van der Waals surface area contributed by atoms with Crippen molar-refractivity contribution < 1.29 is 5.11 Å². The van der Waals surface area contributed by atoms with Gasteiger partial charge in [-0.2, -0.15) is 0 Å². The van der Waals surface area contributed by atoms with Crippen LogP contribution in [-0.2, 0) is 19.4 Å². The minimum absolute atomic E-state index is 0.190. The van der Waals surface area contributed by atoms with Crippen molar-refractivity contribution in [1.29, 1.82) is 0 Å². The highest BCUT2D eigenvalue weighted by Gasteiger charge is 2.22. The van der Waals surface area contributed by atoms with Crippen LogP contribution < -0.4 is 0 Å². The first-order valence-electron chi connectivity index (χ1n) is 5.14. The van der Waals surface area contributed by atoms with Crippen LogP contribution in [0.1, 0.15) is 31.3 Å². The first-order chi connectivity index (χ1) is 6.72. The number of fused-ring (bicyclic) bond motifs is 1. The van der Waals surface area contributed by atoms with Gasteiger partial charge in [-0.05, 0) is 28.8 Å². The van der Waals surface area contributed by atoms with Gasteiger partial charge in [-0.25, -0.2) is 4.98 Å². The molecule has 0 bridgehead atoms. The van der Waals surface area contributed by atoms with E-state index in [0.29, 0.717) is 0 Å². The number of imidazole rings is 1. The lowest BCUT2D eigenvalue weighted by Crippen LogP contribution is -2.24. The summed E-state index contributed by atoms with van der Waals surface area (Å²) in [5.41, 5.74) is 1.16. The molecule has 0 aliphatic carbocycles. The van der Waals surface area contributed by atoms with E-state index >= 15 is 0 Å². The summed E-state index contributed by atoms with van der Waals surface area (Å²) >= 11 is 3.46. The molecule has 0 aromatic carbocycles. The lowest BCUT2D eigenvalue weighted by atomic mass is 10.1. The van der Waals surface area contributed by atoms with E-state index < -0.39 is 0 Å². The van der Waals surface area contributed by atoms with Crippen molar-refractivity contribution >= 4 is 15.9 Å². The summed E-state index contributed by atoms with van der Waals surface area (Å²) in [7, 11) is 0. The Morgan fingerprint density at radius 1 is 1.64 bits per heavy atom. The highest BCUT2D eigenvalue weighted by atomic mass is 79.9. The fraction of sp³-hybridized carbons (Fsp3) is 0.700. The topological polar surface area (TPSA) is 38.0 Å². The third-order valence-corrected chi connectivity index (χ3v) is 3.33. The van der Waals surface area contributed by atoms with Gasteiger partial charge in [-0.3, -0.25) is 0 Å². The summed E-state index contributed by atoms with van der Waals surface area (Å²) in [6.45, 7) is 3.07. The molecule has 0 saturated carbocycles. The van der Waals surface area contributed by atoms with E-state index in [0.717, 1.165) is 48.3 Å². The van der Waals surface area contributed by atoms with Gasteiger partial charge in [0.1, 0.15) is 10.4 Å². The molecule has 1 unspecified atom stereocenters. The van der Waals surface area contributed by atoms with Crippen LogP contribution in [0.5, 0.6) is 0 Å². The number of aromatic nitrogens is 2. The minimum Gasteiger partial charge on any atom is -0.393 e. The number of rotatable bonds is 2. The molecule has 4 heteroatoms. The van der Waals surface area contributed by atoms with E-state index in [1.807, 2.05) is 0 Å². The van der Waals surface area contributed by atoms with E-state index in [-0.39, 0.29) is 6.10 Å². The minimum atomic E-state index is -0.190. The Morgan fingerprint density at radius 3 is 3.14 bits per heavy atom. The predicted molar refractivity (Wildman–Crippen MR) is 58.2 cm³/mol. The molecule has 1 atom stereocenters. The molecular formula is C10H15BrN2O. The Morgan fingerprint density at radius 2 is 2.43 bits per heavy atom. The molecule has 3 nitrogen and oxygen atoms in total. The lowest BCUT2D eigenvalue weighted by molar-refractivity contribution is 0.142. The molecule has 0 spiro atoms. The fourth-order valence-corrected chi connectivity index (χ4v) is 2.56. The van der Waals surface area contributed by atoms with Crippen LogP contribution in [0, 0.1) is 0 Å². The summed E-state index contributed by atoms with van der Waals surface area (Å²) in [5.74, 6) is 1.15. The van der Waals surface area contributed by atoms with Crippen LogP contribution in [0.25, 0.3) is 0 Å². The predicted octanol–water partition coefficient (Wildman–Crippen LogP) is 1.91. The summed E-state index contributed by atoms with van der Waals surface area (Å²) in [5, 5.41) is 9.56. The van der Waals surface area contributed by atoms with Crippen molar-refractivity contribution in [3.8, 4) is 0 Å². The Kier molecular flexibility index (Phi) is 2.93. The van der Waals surface area contributed by atoms with Crippen LogP contribution in [0.2, 0.25) is 0 Å². The largest absolute Gasteiger partial charge is 0.393 e. The van der Waals surface area contributed by atoms with E-state index in [9.17, 15) is 5.11 Å². The third-order valence-electron chi connectivity index (χ3n) is 2.69. The van der Waals surface area contributed by atoms with Crippen molar-refractivity contribution in [2.24, 2.45) is 0 Å². The molecule has 1 aliphatic heterocycles. The first-order valence-corrected chi connectivity index (χ1v) is 5.93. The van der Waals surface area contributed by atoms with Crippen molar-refractivity contribution in [1.82, 2.24) is 9.55 Å². The molecule has 2 heterocycles. The van der Waals surface area contributed by atoms with Gasteiger partial charge in [0, 0.05) is 19.4 Å². The van der Waals surface area contributed by atoms with Gasteiger partial charge in [-0.15, -0.1) is 0 Å². The fourth-order valence-electron chi connectivity index (χ4n) is 1.98. The zero-order chi connectivity index (χ0) is 10.1. The molecule has 2 rings (SSSR count). The van der Waals surface area contributed by atoms with Gasteiger partial charge in [0.05, 0.1) is 11.8 Å². The highest BCUT2D eigenvalue weighted by molar-refractivity contribution is 9.10. The smallest absolute Gasteiger partial charge is 0.127 e. The molecule has 1 aromatic rings. The first kappa shape index (κ1) is 10.2. The van der Waals surface area contributed by atoms with Gasteiger partial charge in [0.2, 0.25) is 0 Å². The molecule has 1 aliphatic rings. The Balaban J connectivity index is 2.33. The van der Waals surface area contributed by atoms with Gasteiger partial charge < -0.3 is 9.67 Å². The lowest BCUT2D eigenvalue weighted by Gasteiger charge is -2.21. The standard InChI is InChI=1S/C10H15BrN2O/c1-2-3-9-12-10(11)8-6-7(14)4-5-13(8)9/h7,14H,2-6H2,1H3. The summed E-state index contributed by atoms with van der Waals surface area (Å²) < 4.78 is 3.17. The van der Waals surface area contributed by atoms with Crippen molar-refractivity contribution in [3.63, 3.8) is 0 Å². The van der Waals surface area contributed by atoms with E-state index in [4.69, 9.17) is 0 Å². The molecule has 0 amide bonds. The van der Waals surface area contributed by atoms with Gasteiger partial charge >= 0.3 is 0 Å². The van der Waals surface area contributed by atoms with Gasteiger partial charge in [-0.1, -0.05) is 6.92 Å². The maximum absolute atomic E-state index is 9.56. The molecule has 0 radical (unpaired) electrons. The number of hydrogen-bond donors (Lipinski definition) is 1. The molecule has 78 valence electrons. The Hall–Kier alpha value is -0.350. The van der Waals surface area contributed by atoms with Crippen molar-refractivity contribution in [2.75, 3.05) is 0 Å². The molecular weight excluding hydrogens is 244 g/mol. The van der Waals surface area contributed by atoms with Crippen LogP contribution in [0.4, 0.5) is 0 Å². The SMILES string of the molecule is CCCc1nc(Br)c2n1CCC(O)C2. The highest BCUT2D eigenvalue weighted by Crippen LogP contribution is 2.25. The number of aliphatic hydroxyl groups excluding tert-OH is 1. The monoisotopic (exact) mass is 258 g/mol. The average molecular weight is 259 g/mol. The summed E-state index contributed by atoms with van der Waals surface area (Å²) in [6.07, 6.45) is 3.54. The second kappa shape index (κ2) is 4.03. The van der Waals surface area contributed by atoms with Crippen LogP contribution in [0.3, 0.4) is 0 Å². The zero-order valence-corrected chi connectivity index (χ0v) is 9.92. The molecule has 14 heavy (non-hydrogen) atoms. The second-order valence-electron chi connectivity index (χ2n) is 3.81. The normalized spacial score (nSPS) is 20.9. The second-order valence-corrected chi connectivity index (χ2v) is 4.56. The van der Waals surface area contributed by atoms with Crippen LogP contribution >= 0.6 is 15.9 Å². The zero-order valence-electron chi connectivity index (χ0n) is 8.33. The van der Waals surface area contributed by atoms with Crippen molar-refractivity contribution in [3.05, 3.63) is 16.1 Å². The van der Waals surface area contributed by atoms with Crippen molar-refractivity contribution in [2.45, 2.75) is 45.3 Å². The molecule has 0 fully saturated rings. The van der Waals surface area contributed by atoms with Crippen LogP contribution in [-0.4, -0.2) is 20.8 Å². The Labute approximate surface area is 92.3 Å². The van der Waals surface area contributed by atoms with E-state index in [1.54, 1.807) is 0 Å². The van der Waals surface area contributed by atoms with E-state index in [1.165, 1.54) is 0 Å². The average Bonchev–Trinajstić information content (AvgIpc) is 2.44. The number of halogens is 1. The quantitative estimate of drug-likeness (QED) is 0.880. The maximum Gasteiger partial charge on any atom is 0.127 e. The third kappa shape index (κ3) is 1.73.